The molecule has 1 aromatic heterocycles. The normalized spacial score (nSPS) is 10.9. The number of nitrogen functional groups attached to an aromatic ring is 1. The van der Waals surface area contributed by atoms with Crippen molar-refractivity contribution in [3.05, 3.63) is 40.7 Å². The third-order valence-electron chi connectivity index (χ3n) is 3.03. The molecular weight excluding hydrogens is 266 g/mol. The minimum absolute atomic E-state index is 0.210. The van der Waals surface area contributed by atoms with Crippen LogP contribution in [0.4, 0.5) is 5.69 Å². The van der Waals surface area contributed by atoms with Gasteiger partial charge in [-0.15, -0.1) is 0 Å². The SMILES string of the molecule is CCn1nc(-c2ccc(OCC(C)C)cc2)cc(N)c1=O. The van der Waals surface area contributed by atoms with E-state index in [1.165, 1.54) is 4.68 Å². The Bertz CT molecular complexity index is 660. The van der Waals surface area contributed by atoms with Gasteiger partial charge in [0, 0.05) is 12.1 Å². The third kappa shape index (κ3) is 3.62. The Morgan fingerprint density at radius 3 is 2.52 bits per heavy atom. The van der Waals surface area contributed by atoms with Crippen LogP contribution in [0.15, 0.2) is 35.1 Å². The molecule has 5 heteroatoms. The van der Waals surface area contributed by atoms with Gasteiger partial charge in [-0.3, -0.25) is 4.79 Å². The van der Waals surface area contributed by atoms with Gasteiger partial charge in [0.15, 0.2) is 0 Å². The smallest absolute Gasteiger partial charge is 0.289 e. The van der Waals surface area contributed by atoms with Gasteiger partial charge in [0.05, 0.1) is 12.3 Å². The highest BCUT2D eigenvalue weighted by atomic mass is 16.5. The van der Waals surface area contributed by atoms with Gasteiger partial charge in [-0.1, -0.05) is 13.8 Å². The van der Waals surface area contributed by atoms with Crippen molar-refractivity contribution in [2.75, 3.05) is 12.3 Å². The molecule has 5 nitrogen and oxygen atoms in total. The average Bonchev–Trinajstić information content (AvgIpc) is 2.48. The fraction of sp³-hybridized carbons (Fsp3) is 0.375. The molecule has 0 atom stereocenters. The lowest BCUT2D eigenvalue weighted by Crippen LogP contribution is -2.24. The predicted octanol–water partition coefficient (Wildman–Crippen LogP) is 2.55. The number of rotatable bonds is 5. The van der Waals surface area contributed by atoms with Crippen LogP contribution >= 0.6 is 0 Å². The fourth-order valence-corrected chi connectivity index (χ4v) is 1.90. The van der Waals surface area contributed by atoms with Crippen molar-refractivity contribution < 1.29 is 4.74 Å². The van der Waals surface area contributed by atoms with E-state index >= 15 is 0 Å². The molecule has 1 aromatic carbocycles. The van der Waals surface area contributed by atoms with E-state index in [2.05, 4.69) is 18.9 Å². The Kier molecular flexibility index (Phi) is 4.62. The summed E-state index contributed by atoms with van der Waals surface area (Å²) in [5.74, 6) is 1.31. The number of nitrogens with two attached hydrogens (primary N) is 1. The summed E-state index contributed by atoms with van der Waals surface area (Å²) >= 11 is 0. The van der Waals surface area contributed by atoms with E-state index in [0.717, 1.165) is 11.3 Å². The van der Waals surface area contributed by atoms with Crippen molar-refractivity contribution in [3.8, 4) is 17.0 Å². The Balaban J connectivity index is 2.26. The molecule has 2 aromatic rings. The highest BCUT2D eigenvalue weighted by Gasteiger charge is 2.07. The average molecular weight is 287 g/mol. The summed E-state index contributed by atoms with van der Waals surface area (Å²) in [7, 11) is 0. The maximum atomic E-state index is 11.7. The van der Waals surface area contributed by atoms with Crippen LogP contribution in [-0.2, 0) is 6.54 Å². The van der Waals surface area contributed by atoms with Crippen molar-refractivity contribution in [1.82, 2.24) is 9.78 Å². The maximum Gasteiger partial charge on any atom is 0.289 e. The molecule has 112 valence electrons. The molecule has 2 N–H and O–H groups in total. The lowest BCUT2D eigenvalue weighted by Gasteiger charge is -2.10. The molecule has 0 spiro atoms. The summed E-state index contributed by atoms with van der Waals surface area (Å²) in [4.78, 5) is 11.7. The Hall–Kier alpha value is -2.30. The monoisotopic (exact) mass is 287 g/mol. The molecule has 0 unspecified atom stereocenters. The molecule has 1 heterocycles. The van der Waals surface area contributed by atoms with Crippen LogP contribution in [0.2, 0.25) is 0 Å². The van der Waals surface area contributed by atoms with Crippen LogP contribution in [-0.4, -0.2) is 16.4 Å². The standard InChI is InChI=1S/C16H21N3O2/c1-4-19-16(20)14(17)9-15(18-19)12-5-7-13(8-6-12)21-10-11(2)3/h5-9,11H,4,10,17H2,1-3H3. The molecule has 0 fully saturated rings. The van der Waals surface area contributed by atoms with Gasteiger partial charge in [0.1, 0.15) is 11.4 Å². The summed E-state index contributed by atoms with van der Waals surface area (Å²) in [5.41, 5.74) is 7.29. The summed E-state index contributed by atoms with van der Waals surface area (Å²) in [6.07, 6.45) is 0. The first-order chi connectivity index (χ1) is 10.0. The second kappa shape index (κ2) is 6.43. The quantitative estimate of drug-likeness (QED) is 0.917. The van der Waals surface area contributed by atoms with Crippen molar-refractivity contribution in [2.24, 2.45) is 5.92 Å². The molecule has 0 amide bonds. The van der Waals surface area contributed by atoms with Crippen molar-refractivity contribution in [3.63, 3.8) is 0 Å². The lowest BCUT2D eigenvalue weighted by molar-refractivity contribution is 0.271. The maximum absolute atomic E-state index is 11.7. The van der Waals surface area contributed by atoms with E-state index < -0.39 is 0 Å². The van der Waals surface area contributed by atoms with Crippen molar-refractivity contribution in [2.45, 2.75) is 27.3 Å². The number of hydrogen-bond donors (Lipinski definition) is 1. The molecule has 0 bridgehead atoms. The van der Waals surface area contributed by atoms with Crippen LogP contribution in [0.5, 0.6) is 5.75 Å². The highest BCUT2D eigenvalue weighted by Crippen LogP contribution is 2.21. The van der Waals surface area contributed by atoms with Gasteiger partial charge in [-0.2, -0.15) is 5.10 Å². The zero-order valence-corrected chi connectivity index (χ0v) is 12.7. The van der Waals surface area contributed by atoms with Gasteiger partial charge in [0.25, 0.3) is 5.56 Å². The number of ether oxygens (including phenoxy) is 1. The van der Waals surface area contributed by atoms with Crippen molar-refractivity contribution >= 4 is 5.69 Å². The number of hydrogen-bond acceptors (Lipinski definition) is 4. The minimum atomic E-state index is -0.252. The van der Waals surface area contributed by atoms with Crippen LogP contribution < -0.4 is 16.0 Å². The van der Waals surface area contributed by atoms with Crippen LogP contribution in [0, 0.1) is 5.92 Å². The third-order valence-corrected chi connectivity index (χ3v) is 3.03. The Morgan fingerprint density at radius 2 is 1.95 bits per heavy atom. The number of benzene rings is 1. The van der Waals surface area contributed by atoms with E-state index in [1.54, 1.807) is 6.07 Å². The zero-order chi connectivity index (χ0) is 15.4. The fourth-order valence-electron chi connectivity index (χ4n) is 1.90. The largest absolute Gasteiger partial charge is 0.493 e. The minimum Gasteiger partial charge on any atom is -0.493 e. The Morgan fingerprint density at radius 1 is 1.29 bits per heavy atom. The van der Waals surface area contributed by atoms with Gasteiger partial charge >= 0.3 is 0 Å². The first-order valence-electron chi connectivity index (χ1n) is 7.12. The predicted molar refractivity (Wildman–Crippen MR) is 84.4 cm³/mol. The van der Waals surface area contributed by atoms with E-state index in [4.69, 9.17) is 10.5 Å². The number of aromatic nitrogens is 2. The summed E-state index contributed by atoms with van der Waals surface area (Å²) in [6.45, 7) is 7.25. The molecule has 0 saturated heterocycles. The topological polar surface area (TPSA) is 70.1 Å². The first kappa shape index (κ1) is 15.1. The lowest BCUT2D eigenvalue weighted by atomic mass is 10.1. The van der Waals surface area contributed by atoms with Gasteiger partial charge in [-0.05, 0) is 43.2 Å². The van der Waals surface area contributed by atoms with Crippen LogP contribution in [0.1, 0.15) is 20.8 Å². The van der Waals surface area contributed by atoms with Gasteiger partial charge in [0.2, 0.25) is 0 Å². The second-order valence-electron chi connectivity index (χ2n) is 5.34. The summed E-state index contributed by atoms with van der Waals surface area (Å²) < 4.78 is 7.01. The molecule has 2 rings (SSSR count). The molecule has 0 aliphatic rings. The second-order valence-corrected chi connectivity index (χ2v) is 5.34. The molecule has 0 saturated carbocycles. The zero-order valence-electron chi connectivity index (χ0n) is 12.7. The molecule has 21 heavy (non-hydrogen) atoms. The van der Waals surface area contributed by atoms with E-state index in [0.29, 0.717) is 24.8 Å². The van der Waals surface area contributed by atoms with Crippen molar-refractivity contribution in [1.29, 1.82) is 0 Å². The number of anilines is 1. The van der Waals surface area contributed by atoms with Gasteiger partial charge in [-0.25, -0.2) is 4.68 Å². The van der Waals surface area contributed by atoms with E-state index in [1.807, 2.05) is 31.2 Å². The molecule has 0 aliphatic carbocycles. The molecular formula is C16H21N3O2. The summed E-state index contributed by atoms with van der Waals surface area (Å²) in [5, 5.41) is 4.31. The number of aryl methyl sites for hydroxylation is 1. The van der Waals surface area contributed by atoms with Crippen LogP contribution in [0.25, 0.3) is 11.3 Å². The molecule has 0 aliphatic heterocycles. The van der Waals surface area contributed by atoms with Crippen LogP contribution in [0.3, 0.4) is 0 Å². The Labute approximate surface area is 124 Å². The summed E-state index contributed by atoms with van der Waals surface area (Å²) in [6, 6.07) is 9.25. The van der Waals surface area contributed by atoms with Gasteiger partial charge < -0.3 is 10.5 Å². The molecule has 0 radical (unpaired) electrons. The first-order valence-corrected chi connectivity index (χ1v) is 7.12. The van der Waals surface area contributed by atoms with E-state index in [-0.39, 0.29) is 11.2 Å². The van der Waals surface area contributed by atoms with E-state index in [9.17, 15) is 4.79 Å². The highest BCUT2D eigenvalue weighted by molar-refractivity contribution is 5.62. The number of nitrogens with zero attached hydrogens (tertiary/aromatic N) is 2.